The molecule has 2 N–H and O–H groups in total. The van der Waals surface area contributed by atoms with E-state index in [1.807, 2.05) is 13.0 Å². The van der Waals surface area contributed by atoms with Gasteiger partial charge in [-0.3, -0.25) is 10.1 Å². The summed E-state index contributed by atoms with van der Waals surface area (Å²) in [5.74, 6) is 1.73. The molecule has 0 unspecified atom stereocenters. The van der Waals surface area contributed by atoms with Crippen molar-refractivity contribution in [2.24, 2.45) is 7.05 Å². The van der Waals surface area contributed by atoms with Gasteiger partial charge in [0.2, 0.25) is 5.95 Å². The lowest BCUT2D eigenvalue weighted by atomic mass is 9.98. The minimum absolute atomic E-state index is 0. The first-order valence-electron chi connectivity index (χ1n) is 9.80. The topological polar surface area (TPSA) is 111 Å². The third-order valence-electron chi connectivity index (χ3n) is 5.59. The van der Waals surface area contributed by atoms with E-state index >= 15 is 0 Å². The number of halogens is 1. The number of hydrogen-bond acceptors (Lipinski definition) is 7. The lowest BCUT2D eigenvalue weighted by Crippen LogP contribution is -2.27. The summed E-state index contributed by atoms with van der Waals surface area (Å²) in [6.07, 6.45) is 4.20. The summed E-state index contributed by atoms with van der Waals surface area (Å²) in [4.78, 5) is 22.3. The molecular weight excluding hydrogens is 394 g/mol. The number of nitrogens with zero attached hydrogens (tertiary/aromatic N) is 5. The Balaban J connectivity index is 0.00000205. The van der Waals surface area contributed by atoms with Crippen LogP contribution in [0.3, 0.4) is 0 Å². The molecule has 154 valence electrons. The van der Waals surface area contributed by atoms with Gasteiger partial charge >= 0.3 is 0 Å². The molecule has 29 heavy (non-hydrogen) atoms. The molecule has 4 heterocycles. The van der Waals surface area contributed by atoms with Crippen molar-refractivity contribution in [1.82, 2.24) is 30.2 Å². The summed E-state index contributed by atoms with van der Waals surface area (Å²) in [5.41, 5.74) is 2.49. The fourth-order valence-electron chi connectivity index (χ4n) is 3.82. The van der Waals surface area contributed by atoms with Crippen molar-refractivity contribution in [2.75, 3.05) is 18.4 Å². The van der Waals surface area contributed by atoms with Crippen molar-refractivity contribution in [2.45, 2.75) is 44.4 Å². The minimum atomic E-state index is -0.243. The van der Waals surface area contributed by atoms with Crippen LogP contribution in [0.2, 0.25) is 0 Å². The molecule has 1 saturated heterocycles. The maximum Gasteiger partial charge on any atom is 0.259 e. The van der Waals surface area contributed by atoms with E-state index in [0.717, 1.165) is 50.3 Å². The number of nitrogens with one attached hydrogen (secondary N) is 2. The molecule has 0 aromatic carbocycles. The van der Waals surface area contributed by atoms with Crippen molar-refractivity contribution >= 4 is 35.4 Å². The molecule has 2 fully saturated rings. The Hall–Kier alpha value is -2.52. The van der Waals surface area contributed by atoms with Gasteiger partial charge in [0, 0.05) is 24.6 Å². The second-order valence-electron chi connectivity index (χ2n) is 7.71. The molecular formula is C19H24ClN7O2. The number of piperidine rings is 1. The fourth-order valence-corrected chi connectivity index (χ4v) is 3.82. The molecule has 0 bridgehead atoms. The quantitative estimate of drug-likeness (QED) is 0.671. The lowest BCUT2D eigenvalue weighted by molar-refractivity contribution is 0.102. The Kier molecular flexibility index (Phi) is 5.26. The smallest absolute Gasteiger partial charge is 0.259 e. The molecule has 1 aliphatic heterocycles. The normalized spacial score (nSPS) is 17.3. The van der Waals surface area contributed by atoms with Gasteiger partial charge in [-0.05, 0) is 51.8 Å². The van der Waals surface area contributed by atoms with Crippen molar-refractivity contribution in [3.63, 3.8) is 0 Å². The van der Waals surface area contributed by atoms with Crippen molar-refractivity contribution in [3.05, 3.63) is 28.8 Å². The molecule has 0 radical (unpaired) electrons. The van der Waals surface area contributed by atoms with Gasteiger partial charge in [0.05, 0.1) is 16.6 Å². The molecule has 0 spiro atoms. The minimum Gasteiger partial charge on any atom is -0.336 e. The summed E-state index contributed by atoms with van der Waals surface area (Å²) in [6, 6.07) is 1.86. The van der Waals surface area contributed by atoms with Gasteiger partial charge in [0.15, 0.2) is 5.82 Å². The first kappa shape index (κ1) is 19.8. The van der Waals surface area contributed by atoms with Crippen LogP contribution in [0.4, 0.5) is 5.95 Å². The van der Waals surface area contributed by atoms with Crippen molar-refractivity contribution in [3.8, 4) is 0 Å². The van der Waals surface area contributed by atoms with Crippen LogP contribution in [0.1, 0.15) is 65.1 Å². The van der Waals surface area contributed by atoms with Gasteiger partial charge in [0.25, 0.3) is 11.6 Å². The SMILES string of the molecule is Cc1noc2nc(C3CC3)cc(C(=O)Nc3nc(C4CCNCC4)nn3C)c12.Cl. The molecule has 9 nitrogen and oxygen atoms in total. The van der Waals surface area contributed by atoms with E-state index in [1.165, 1.54) is 0 Å². The van der Waals surface area contributed by atoms with Gasteiger partial charge in [-0.15, -0.1) is 12.4 Å². The van der Waals surface area contributed by atoms with Crippen LogP contribution in [0.5, 0.6) is 0 Å². The molecule has 3 aromatic heterocycles. The highest BCUT2D eigenvalue weighted by Gasteiger charge is 2.29. The van der Waals surface area contributed by atoms with Crippen LogP contribution in [0, 0.1) is 6.92 Å². The van der Waals surface area contributed by atoms with E-state index < -0.39 is 0 Å². The third-order valence-corrected chi connectivity index (χ3v) is 5.59. The Morgan fingerprint density at radius 2 is 1.97 bits per heavy atom. The molecule has 0 atom stereocenters. The van der Waals surface area contributed by atoms with Crippen LogP contribution in [0.25, 0.3) is 11.1 Å². The van der Waals surface area contributed by atoms with Crippen LogP contribution >= 0.6 is 12.4 Å². The van der Waals surface area contributed by atoms with E-state index in [0.29, 0.717) is 40.1 Å². The summed E-state index contributed by atoms with van der Waals surface area (Å²) in [7, 11) is 1.80. The molecule has 10 heteroatoms. The Bertz CT molecular complexity index is 1050. The first-order valence-corrected chi connectivity index (χ1v) is 9.80. The molecule has 2 aliphatic rings. The Labute approximate surface area is 174 Å². The second-order valence-corrected chi connectivity index (χ2v) is 7.71. The van der Waals surface area contributed by atoms with Gasteiger partial charge in [-0.25, -0.2) is 9.67 Å². The van der Waals surface area contributed by atoms with Crippen LogP contribution in [-0.4, -0.2) is 43.9 Å². The average Bonchev–Trinajstić information content (AvgIpc) is 3.41. The van der Waals surface area contributed by atoms with E-state index in [2.05, 4.69) is 30.9 Å². The molecule has 5 rings (SSSR count). The standard InChI is InChI=1S/C19H23N7O2.ClH/c1-10-15-13(9-14(11-3-4-11)21-18(15)28-25-10)17(27)23-19-22-16(24-26(19)2)12-5-7-20-8-6-12;/h9,11-12,20H,3-8H2,1-2H3,(H,22,23,24,27);1H. The van der Waals surface area contributed by atoms with Crippen LogP contribution in [0.15, 0.2) is 10.6 Å². The zero-order valence-electron chi connectivity index (χ0n) is 16.4. The van der Waals surface area contributed by atoms with E-state index in [-0.39, 0.29) is 18.3 Å². The van der Waals surface area contributed by atoms with E-state index in [9.17, 15) is 4.79 Å². The molecule has 1 amide bonds. The third kappa shape index (κ3) is 3.72. The van der Waals surface area contributed by atoms with E-state index in [4.69, 9.17) is 4.52 Å². The zero-order valence-corrected chi connectivity index (χ0v) is 17.3. The number of hydrogen-bond donors (Lipinski definition) is 2. The predicted octanol–water partition coefficient (Wildman–Crippen LogP) is 2.68. The molecule has 1 aliphatic carbocycles. The molecule has 3 aromatic rings. The summed E-state index contributed by atoms with van der Waals surface area (Å²) in [6.45, 7) is 3.76. The highest BCUT2D eigenvalue weighted by molar-refractivity contribution is 6.11. The fraction of sp³-hybridized carbons (Fsp3) is 0.526. The average molecular weight is 418 g/mol. The largest absolute Gasteiger partial charge is 0.336 e. The zero-order chi connectivity index (χ0) is 19.3. The summed E-state index contributed by atoms with van der Waals surface area (Å²) >= 11 is 0. The number of amides is 1. The van der Waals surface area contributed by atoms with Crippen LogP contribution < -0.4 is 10.6 Å². The summed E-state index contributed by atoms with van der Waals surface area (Å²) < 4.78 is 6.97. The maximum absolute atomic E-state index is 13.1. The number of pyridine rings is 1. The number of anilines is 1. The monoisotopic (exact) mass is 417 g/mol. The van der Waals surface area contributed by atoms with Crippen molar-refractivity contribution in [1.29, 1.82) is 0 Å². The van der Waals surface area contributed by atoms with Crippen molar-refractivity contribution < 1.29 is 9.32 Å². The maximum atomic E-state index is 13.1. The predicted molar refractivity (Wildman–Crippen MR) is 110 cm³/mol. The van der Waals surface area contributed by atoms with Gasteiger partial charge in [0.1, 0.15) is 0 Å². The Morgan fingerprint density at radius 3 is 2.69 bits per heavy atom. The number of rotatable bonds is 4. The van der Waals surface area contributed by atoms with E-state index in [1.54, 1.807) is 11.7 Å². The lowest BCUT2D eigenvalue weighted by Gasteiger charge is -2.19. The number of carbonyl (C=O) groups excluding carboxylic acids is 1. The first-order chi connectivity index (χ1) is 13.6. The highest BCUT2D eigenvalue weighted by atomic mass is 35.5. The summed E-state index contributed by atoms with van der Waals surface area (Å²) in [5, 5.41) is 15.4. The molecule has 1 saturated carbocycles. The van der Waals surface area contributed by atoms with Gasteiger partial charge < -0.3 is 9.84 Å². The van der Waals surface area contributed by atoms with Gasteiger partial charge in [-0.1, -0.05) is 5.16 Å². The number of aryl methyl sites for hydroxylation is 2. The number of aromatic nitrogens is 5. The van der Waals surface area contributed by atoms with Gasteiger partial charge in [-0.2, -0.15) is 10.1 Å². The number of fused-ring (bicyclic) bond motifs is 1. The van der Waals surface area contributed by atoms with Crippen LogP contribution in [-0.2, 0) is 7.05 Å². The number of carbonyl (C=O) groups is 1. The second kappa shape index (κ2) is 7.72. The Morgan fingerprint density at radius 1 is 1.21 bits per heavy atom. The highest BCUT2D eigenvalue weighted by Crippen LogP contribution is 2.40.